The molecule has 0 unspecified atom stereocenters. The minimum absolute atomic E-state index is 0.189. The monoisotopic (exact) mass is 258 g/mol. The molecule has 17 heavy (non-hydrogen) atoms. The van der Waals surface area contributed by atoms with Crippen molar-refractivity contribution in [2.24, 2.45) is 0 Å². The van der Waals surface area contributed by atoms with E-state index in [-0.39, 0.29) is 11.9 Å². The molecule has 1 aromatic heterocycles. The van der Waals surface area contributed by atoms with Crippen LogP contribution in [0.25, 0.3) is 0 Å². The molecule has 0 saturated heterocycles. The molecule has 92 valence electrons. The van der Waals surface area contributed by atoms with Crippen molar-refractivity contribution >= 4 is 11.8 Å². The first kappa shape index (κ1) is 12.1. The Bertz CT molecular complexity index is 578. The van der Waals surface area contributed by atoms with Gasteiger partial charge in [0.05, 0.1) is 11.9 Å². The Kier molecular flexibility index (Phi) is 3.21. The van der Waals surface area contributed by atoms with Crippen molar-refractivity contribution in [1.82, 2.24) is 9.55 Å². The summed E-state index contributed by atoms with van der Waals surface area (Å²) in [7, 11) is 0. The number of aryl methyl sites for hydroxylation is 1. The SMILES string of the molecule is Cc1cn([C@@H]2S[C@H](CO)C=C2F)c(=O)[nH]c1=O. The van der Waals surface area contributed by atoms with Gasteiger partial charge in [-0.25, -0.2) is 9.18 Å². The summed E-state index contributed by atoms with van der Waals surface area (Å²) in [4.78, 5) is 24.9. The van der Waals surface area contributed by atoms with E-state index in [4.69, 9.17) is 5.11 Å². The third-order valence-corrected chi connectivity index (χ3v) is 3.81. The van der Waals surface area contributed by atoms with E-state index in [9.17, 15) is 14.0 Å². The van der Waals surface area contributed by atoms with E-state index in [2.05, 4.69) is 4.98 Å². The molecule has 5 nitrogen and oxygen atoms in total. The summed E-state index contributed by atoms with van der Waals surface area (Å²) in [5.41, 5.74) is -0.789. The van der Waals surface area contributed by atoms with Crippen LogP contribution in [0.3, 0.4) is 0 Å². The van der Waals surface area contributed by atoms with Crippen LogP contribution in [-0.2, 0) is 0 Å². The maximum Gasteiger partial charge on any atom is 0.329 e. The second-order valence-corrected chi connectivity index (χ2v) is 5.06. The fourth-order valence-corrected chi connectivity index (χ4v) is 2.71. The van der Waals surface area contributed by atoms with E-state index < -0.39 is 22.4 Å². The van der Waals surface area contributed by atoms with Gasteiger partial charge in [0.25, 0.3) is 5.56 Å². The van der Waals surface area contributed by atoms with Crippen molar-refractivity contribution in [3.63, 3.8) is 0 Å². The van der Waals surface area contributed by atoms with Gasteiger partial charge < -0.3 is 5.11 Å². The summed E-state index contributed by atoms with van der Waals surface area (Å²) in [5, 5.41) is 7.77. The number of nitrogens with zero attached hydrogens (tertiary/aromatic N) is 1. The van der Waals surface area contributed by atoms with E-state index >= 15 is 0 Å². The average Bonchev–Trinajstić information content (AvgIpc) is 2.65. The van der Waals surface area contributed by atoms with E-state index in [1.165, 1.54) is 12.3 Å². The molecule has 1 aromatic rings. The van der Waals surface area contributed by atoms with Crippen LogP contribution < -0.4 is 11.2 Å². The Morgan fingerprint density at radius 2 is 2.29 bits per heavy atom. The van der Waals surface area contributed by atoms with Crippen LogP contribution in [0.4, 0.5) is 4.39 Å². The standard InChI is InChI=1S/C10H11FN2O3S/c1-5-3-13(10(16)12-8(5)15)9-7(11)2-6(4-14)17-9/h2-3,6,9,14H,4H2,1H3,(H,12,15,16)/t6-,9+/m0/s1. The number of H-pyrrole nitrogens is 1. The molecular formula is C10H11FN2O3S. The minimum Gasteiger partial charge on any atom is -0.395 e. The van der Waals surface area contributed by atoms with Gasteiger partial charge in [-0.15, -0.1) is 11.8 Å². The highest BCUT2D eigenvalue weighted by molar-refractivity contribution is 8.00. The summed E-state index contributed by atoms with van der Waals surface area (Å²) in [6.45, 7) is 1.35. The van der Waals surface area contributed by atoms with Gasteiger partial charge in [0, 0.05) is 11.8 Å². The van der Waals surface area contributed by atoms with Crippen LogP contribution in [0.2, 0.25) is 0 Å². The quantitative estimate of drug-likeness (QED) is 0.800. The van der Waals surface area contributed by atoms with E-state index in [1.807, 2.05) is 0 Å². The molecule has 7 heteroatoms. The molecule has 0 aliphatic carbocycles. The molecule has 0 radical (unpaired) electrons. The van der Waals surface area contributed by atoms with Gasteiger partial charge in [0.15, 0.2) is 0 Å². The fourth-order valence-electron chi connectivity index (χ4n) is 1.58. The first-order valence-corrected chi connectivity index (χ1v) is 5.93. The molecule has 2 N–H and O–H groups in total. The Balaban J connectivity index is 2.43. The number of hydrogen-bond donors (Lipinski definition) is 2. The summed E-state index contributed by atoms with van der Waals surface area (Å²) in [6.07, 6.45) is 2.61. The van der Waals surface area contributed by atoms with Crippen LogP contribution in [0.5, 0.6) is 0 Å². The van der Waals surface area contributed by atoms with Gasteiger partial charge in [-0.2, -0.15) is 0 Å². The van der Waals surface area contributed by atoms with E-state index in [0.717, 1.165) is 16.3 Å². The zero-order valence-electron chi connectivity index (χ0n) is 9.01. The van der Waals surface area contributed by atoms with Gasteiger partial charge in [0.2, 0.25) is 0 Å². The maximum absolute atomic E-state index is 13.6. The van der Waals surface area contributed by atoms with E-state index in [0.29, 0.717) is 5.56 Å². The lowest BCUT2D eigenvalue weighted by Crippen LogP contribution is -2.32. The number of hydrogen-bond acceptors (Lipinski definition) is 4. The van der Waals surface area contributed by atoms with Crippen LogP contribution in [0, 0.1) is 6.92 Å². The van der Waals surface area contributed by atoms with Gasteiger partial charge in [-0.05, 0) is 13.0 Å². The topological polar surface area (TPSA) is 75.1 Å². The maximum atomic E-state index is 13.6. The van der Waals surface area contributed by atoms with Crippen LogP contribution in [0.15, 0.2) is 27.7 Å². The van der Waals surface area contributed by atoms with Crippen LogP contribution >= 0.6 is 11.8 Å². The molecular weight excluding hydrogens is 247 g/mol. The highest BCUT2D eigenvalue weighted by atomic mass is 32.2. The molecule has 0 aromatic carbocycles. The summed E-state index contributed by atoms with van der Waals surface area (Å²) in [6, 6.07) is 0. The van der Waals surface area contributed by atoms with E-state index in [1.54, 1.807) is 6.92 Å². The number of nitrogens with one attached hydrogen (secondary N) is 1. The smallest absolute Gasteiger partial charge is 0.329 e. The summed E-state index contributed by atoms with van der Waals surface area (Å²) in [5.74, 6) is -0.484. The van der Waals surface area contributed by atoms with Crippen molar-refractivity contribution < 1.29 is 9.50 Å². The number of aliphatic hydroxyl groups is 1. The predicted octanol–water partition coefficient (Wildman–Crippen LogP) is 0.305. The molecule has 1 aliphatic rings. The molecule has 0 saturated carbocycles. The Morgan fingerprint density at radius 1 is 1.59 bits per heavy atom. The summed E-state index contributed by atoms with van der Waals surface area (Å²) >= 11 is 1.12. The number of aromatic amines is 1. The van der Waals surface area contributed by atoms with Crippen molar-refractivity contribution in [2.45, 2.75) is 17.5 Å². The Hall–Kier alpha value is -1.34. The number of aliphatic hydroxyl groups excluding tert-OH is 1. The number of halogens is 1. The largest absolute Gasteiger partial charge is 0.395 e. The molecule has 0 amide bonds. The molecule has 0 spiro atoms. The molecule has 0 bridgehead atoms. The number of rotatable bonds is 2. The zero-order chi connectivity index (χ0) is 12.6. The second kappa shape index (κ2) is 4.50. The third-order valence-electron chi connectivity index (χ3n) is 2.46. The number of thioether (sulfide) groups is 1. The highest BCUT2D eigenvalue weighted by Gasteiger charge is 2.29. The van der Waals surface area contributed by atoms with Crippen molar-refractivity contribution in [3.05, 3.63) is 44.5 Å². The lowest BCUT2D eigenvalue weighted by Gasteiger charge is -2.14. The predicted molar refractivity (Wildman–Crippen MR) is 62.8 cm³/mol. The van der Waals surface area contributed by atoms with Gasteiger partial charge in [-0.3, -0.25) is 14.3 Å². The lowest BCUT2D eigenvalue weighted by molar-refractivity contribution is 0.307. The molecule has 2 heterocycles. The highest BCUT2D eigenvalue weighted by Crippen LogP contribution is 2.40. The third kappa shape index (κ3) is 2.20. The number of aromatic nitrogens is 2. The summed E-state index contributed by atoms with van der Waals surface area (Å²) < 4.78 is 14.7. The molecule has 2 rings (SSSR count). The minimum atomic E-state index is -0.810. The van der Waals surface area contributed by atoms with Crippen molar-refractivity contribution in [2.75, 3.05) is 6.61 Å². The van der Waals surface area contributed by atoms with Crippen molar-refractivity contribution in [1.29, 1.82) is 0 Å². The first-order chi connectivity index (χ1) is 8.02. The van der Waals surface area contributed by atoms with Gasteiger partial charge >= 0.3 is 5.69 Å². The molecule has 2 atom stereocenters. The first-order valence-electron chi connectivity index (χ1n) is 4.98. The Morgan fingerprint density at radius 3 is 2.88 bits per heavy atom. The average molecular weight is 258 g/mol. The normalized spacial score (nSPS) is 23.8. The van der Waals surface area contributed by atoms with Crippen LogP contribution in [-0.4, -0.2) is 26.5 Å². The van der Waals surface area contributed by atoms with Crippen LogP contribution in [0.1, 0.15) is 10.9 Å². The van der Waals surface area contributed by atoms with Crippen molar-refractivity contribution in [3.8, 4) is 0 Å². The zero-order valence-corrected chi connectivity index (χ0v) is 9.83. The van der Waals surface area contributed by atoms with Gasteiger partial charge in [-0.1, -0.05) is 0 Å². The van der Waals surface area contributed by atoms with Gasteiger partial charge in [0.1, 0.15) is 11.2 Å². The molecule has 0 fully saturated rings. The second-order valence-electron chi connectivity index (χ2n) is 3.74. The molecule has 1 aliphatic heterocycles. The lowest BCUT2D eigenvalue weighted by atomic mass is 10.3. The Labute approximate surface area is 100.0 Å². The fraction of sp³-hybridized carbons (Fsp3) is 0.400.